The number of rotatable bonds is 5. The maximum absolute atomic E-state index is 12.7. The second-order valence-corrected chi connectivity index (χ2v) is 7.53. The molecule has 1 aliphatic rings. The molecular formula is C17H30N2O2. The fourth-order valence-corrected chi connectivity index (χ4v) is 3.29. The van der Waals surface area contributed by atoms with Gasteiger partial charge in [-0.3, -0.25) is 9.59 Å². The van der Waals surface area contributed by atoms with Crippen LogP contribution in [-0.4, -0.2) is 17.4 Å². The van der Waals surface area contributed by atoms with E-state index in [-0.39, 0.29) is 17.4 Å². The van der Waals surface area contributed by atoms with Gasteiger partial charge in [-0.1, -0.05) is 24.8 Å². The highest BCUT2D eigenvalue weighted by Gasteiger charge is 2.48. The number of carbonyl (C=O) groups is 2. The minimum Gasteiger partial charge on any atom is -0.369 e. The minimum absolute atomic E-state index is 0.0776. The van der Waals surface area contributed by atoms with Crippen LogP contribution in [0.5, 0.6) is 0 Å². The third-order valence-corrected chi connectivity index (χ3v) is 4.27. The average Bonchev–Trinajstić information content (AvgIpc) is 2.34. The van der Waals surface area contributed by atoms with Crippen LogP contribution in [-0.2, 0) is 9.59 Å². The van der Waals surface area contributed by atoms with E-state index in [1.165, 1.54) is 0 Å². The Balaban J connectivity index is 3.11. The van der Waals surface area contributed by atoms with Gasteiger partial charge in [-0.05, 0) is 47.0 Å². The summed E-state index contributed by atoms with van der Waals surface area (Å²) in [7, 11) is 0. The summed E-state index contributed by atoms with van der Waals surface area (Å²) < 4.78 is 0. The average molecular weight is 294 g/mol. The first-order valence-corrected chi connectivity index (χ1v) is 7.85. The van der Waals surface area contributed by atoms with Crippen molar-refractivity contribution in [3.63, 3.8) is 0 Å². The van der Waals surface area contributed by atoms with Crippen LogP contribution in [0, 0.1) is 11.3 Å². The molecule has 1 aliphatic carbocycles. The normalized spacial score (nSPS) is 19.6. The van der Waals surface area contributed by atoms with Gasteiger partial charge in [0.15, 0.2) is 0 Å². The predicted molar refractivity (Wildman–Crippen MR) is 85.5 cm³/mol. The Labute approximate surface area is 128 Å². The molecule has 0 aromatic heterocycles. The Morgan fingerprint density at radius 1 is 1.24 bits per heavy atom. The zero-order valence-electron chi connectivity index (χ0n) is 13.9. The molecule has 4 heteroatoms. The molecular weight excluding hydrogens is 264 g/mol. The van der Waals surface area contributed by atoms with Gasteiger partial charge in [0, 0.05) is 5.54 Å². The van der Waals surface area contributed by atoms with E-state index in [1.54, 1.807) is 0 Å². The van der Waals surface area contributed by atoms with E-state index < -0.39 is 11.3 Å². The molecule has 1 rings (SSSR count). The van der Waals surface area contributed by atoms with Crippen LogP contribution < -0.4 is 11.1 Å². The lowest BCUT2D eigenvalue weighted by atomic mass is 9.63. The predicted octanol–water partition coefficient (Wildman–Crippen LogP) is 2.92. The van der Waals surface area contributed by atoms with Gasteiger partial charge in [-0.2, -0.15) is 0 Å². The van der Waals surface area contributed by atoms with Gasteiger partial charge in [0.25, 0.3) is 0 Å². The van der Waals surface area contributed by atoms with E-state index in [0.29, 0.717) is 19.3 Å². The SMILES string of the molecule is C=C(C)CC(C(=O)NC(C)(C)C)C1(C(N)=O)CCCCC1. The Morgan fingerprint density at radius 2 is 1.76 bits per heavy atom. The molecule has 0 radical (unpaired) electrons. The molecule has 21 heavy (non-hydrogen) atoms. The highest BCUT2D eigenvalue weighted by atomic mass is 16.2. The van der Waals surface area contributed by atoms with Crippen LogP contribution in [0.1, 0.15) is 66.2 Å². The number of nitrogens with one attached hydrogen (secondary N) is 1. The maximum Gasteiger partial charge on any atom is 0.224 e. The van der Waals surface area contributed by atoms with Crippen molar-refractivity contribution in [2.45, 2.75) is 71.8 Å². The Hall–Kier alpha value is -1.32. The summed E-state index contributed by atoms with van der Waals surface area (Å²) in [5.41, 5.74) is 5.61. The zero-order chi connectivity index (χ0) is 16.3. The van der Waals surface area contributed by atoms with Gasteiger partial charge in [0.05, 0.1) is 11.3 Å². The van der Waals surface area contributed by atoms with Crippen LogP contribution >= 0.6 is 0 Å². The molecule has 3 N–H and O–H groups in total. The van der Waals surface area contributed by atoms with E-state index in [1.807, 2.05) is 27.7 Å². The minimum atomic E-state index is -0.716. The Kier molecular flexibility index (Phi) is 5.60. The monoisotopic (exact) mass is 294 g/mol. The smallest absolute Gasteiger partial charge is 0.224 e. The molecule has 120 valence electrons. The summed E-state index contributed by atoms with van der Waals surface area (Å²) in [6, 6.07) is 0. The molecule has 1 saturated carbocycles. The lowest BCUT2D eigenvalue weighted by Gasteiger charge is -2.41. The van der Waals surface area contributed by atoms with E-state index in [4.69, 9.17) is 5.73 Å². The largest absolute Gasteiger partial charge is 0.369 e. The van der Waals surface area contributed by atoms with E-state index in [0.717, 1.165) is 24.8 Å². The molecule has 0 aliphatic heterocycles. The zero-order valence-corrected chi connectivity index (χ0v) is 13.9. The van der Waals surface area contributed by atoms with E-state index in [9.17, 15) is 9.59 Å². The van der Waals surface area contributed by atoms with Crippen LogP contribution in [0.25, 0.3) is 0 Å². The second kappa shape index (κ2) is 6.63. The molecule has 4 nitrogen and oxygen atoms in total. The highest BCUT2D eigenvalue weighted by molar-refractivity contribution is 5.90. The number of nitrogens with two attached hydrogens (primary N) is 1. The van der Waals surface area contributed by atoms with Gasteiger partial charge in [0.2, 0.25) is 11.8 Å². The van der Waals surface area contributed by atoms with Gasteiger partial charge < -0.3 is 11.1 Å². The number of hydrogen-bond acceptors (Lipinski definition) is 2. The summed E-state index contributed by atoms with van der Waals surface area (Å²) >= 11 is 0. The quantitative estimate of drug-likeness (QED) is 0.765. The number of hydrogen-bond donors (Lipinski definition) is 2. The van der Waals surface area contributed by atoms with Crippen molar-refractivity contribution in [1.82, 2.24) is 5.32 Å². The molecule has 1 fully saturated rings. The molecule has 0 aromatic carbocycles. The molecule has 0 spiro atoms. The topological polar surface area (TPSA) is 72.2 Å². The molecule has 0 heterocycles. The van der Waals surface area contributed by atoms with Gasteiger partial charge in [0.1, 0.15) is 0 Å². The lowest BCUT2D eigenvalue weighted by molar-refractivity contribution is -0.143. The molecule has 2 amide bonds. The molecule has 1 unspecified atom stereocenters. The molecule has 1 atom stereocenters. The Morgan fingerprint density at radius 3 is 2.14 bits per heavy atom. The number of carbonyl (C=O) groups excluding carboxylic acids is 2. The summed E-state index contributed by atoms with van der Waals surface area (Å²) in [4.78, 5) is 24.9. The first kappa shape index (κ1) is 17.7. The van der Waals surface area contributed by atoms with Crippen molar-refractivity contribution < 1.29 is 9.59 Å². The first-order chi connectivity index (χ1) is 9.58. The first-order valence-electron chi connectivity index (χ1n) is 7.85. The highest BCUT2D eigenvalue weighted by Crippen LogP contribution is 2.45. The van der Waals surface area contributed by atoms with E-state index in [2.05, 4.69) is 11.9 Å². The van der Waals surface area contributed by atoms with E-state index >= 15 is 0 Å². The van der Waals surface area contributed by atoms with Crippen LogP contribution in [0.2, 0.25) is 0 Å². The Bertz CT molecular complexity index is 415. The van der Waals surface area contributed by atoms with Gasteiger partial charge >= 0.3 is 0 Å². The van der Waals surface area contributed by atoms with Crippen LogP contribution in [0.4, 0.5) is 0 Å². The van der Waals surface area contributed by atoms with Gasteiger partial charge in [-0.25, -0.2) is 0 Å². The summed E-state index contributed by atoms with van der Waals surface area (Å²) in [5, 5.41) is 3.01. The molecule has 0 saturated heterocycles. The summed E-state index contributed by atoms with van der Waals surface area (Å²) in [6.45, 7) is 11.7. The lowest BCUT2D eigenvalue weighted by Crippen LogP contribution is -2.53. The van der Waals surface area contributed by atoms with Crippen molar-refractivity contribution in [1.29, 1.82) is 0 Å². The van der Waals surface area contributed by atoms with Crippen molar-refractivity contribution in [2.24, 2.45) is 17.1 Å². The number of primary amides is 1. The standard InChI is InChI=1S/C17H30N2O2/c1-12(2)11-13(14(20)19-16(3,4)5)17(15(18)21)9-7-6-8-10-17/h13H,1,6-11H2,2-5H3,(H2,18,21)(H,19,20). The van der Waals surface area contributed by atoms with Crippen LogP contribution in [0.15, 0.2) is 12.2 Å². The fraction of sp³-hybridized carbons (Fsp3) is 0.765. The van der Waals surface area contributed by atoms with Crippen LogP contribution in [0.3, 0.4) is 0 Å². The molecule has 0 bridgehead atoms. The van der Waals surface area contributed by atoms with Crippen molar-refractivity contribution >= 4 is 11.8 Å². The van der Waals surface area contributed by atoms with Gasteiger partial charge in [-0.15, -0.1) is 6.58 Å². The summed E-state index contributed by atoms with van der Waals surface area (Å²) in [6.07, 6.45) is 4.95. The molecule has 0 aromatic rings. The number of amides is 2. The number of allylic oxidation sites excluding steroid dienone is 1. The van der Waals surface area contributed by atoms with Crippen molar-refractivity contribution in [3.05, 3.63) is 12.2 Å². The summed E-state index contributed by atoms with van der Waals surface area (Å²) in [5.74, 6) is -0.823. The van der Waals surface area contributed by atoms with Crippen molar-refractivity contribution in [2.75, 3.05) is 0 Å². The second-order valence-electron chi connectivity index (χ2n) is 7.53. The van der Waals surface area contributed by atoms with Crippen molar-refractivity contribution in [3.8, 4) is 0 Å². The third kappa shape index (κ3) is 4.58. The fourth-order valence-electron chi connectivity index (χ4n) is 3.29. The third-order valence-electron chi connectivity index (χ3n) is 4.27. The maximum atomic E-state index is 12.7.